The number of halogens is 1. The van der Waals surface area contributed by atoms with Gasteiger partial charge < -0.3 is 9.80 Å². The Hall–Kier alpha value is -2.44. The van der Waals surface area contributed by atoms with Gasteiger partial charge in [0.15, 0.2) is 0 Å². The van der Waals surface area contributed by atoms with E-state index >= 15 is 0 Å². The lowest BCUT2D eigenvalue weighted by molar-refractivity contribution is -0.133. The minimum atomic E-state index is -0.669. The average Bonchev–Trinajstić information content (AvgIpc) is 2.74. The number of carbonyl (C=O) groups is 3. The van der Waals surface area contributed by atoms with Crippen LogP contribution in [0.1, 0.15) is 33.3 Å². The molecular weight excluding hydrogens is 361 g/mol. The van der Waals surface area contributed by atoms with Gasteiger partial charge in [-0.15, -0.1) is 0 Å². The zero-order valence-electron chi connectivity index (χ0n) is 16.9. The standard InChI is InChI=1S/C21H28FN3O3/c1-14(2)10-24-19(27)17-11-23(12-21(3,4)13-25(17)20(24)28)18(26)9-15-7-5-6-8-16(15)22/h5-8,14,17H,9-13H2,1-4H3. The van der Waals surface area contributed by atoms with Gasteiger partial charge in [-0.05, 0) is 17.5 Å². The molecule has 4 amide bonds. The van der Waals surface area contributed by atoms with Crippen LogP contribution in [-0.2, 0) is 16.0 Å². The van der Waals surface area contributed by atoms with Gasteiger partial charge >= 0.3 is 6.03 Å². The number of rotatable bonds is 4. The van der Waals surface area contributed by atoms with Crippen LogP contribution >= 0.6 is 0 Å². The first-order valence-corrected chi connectivity index (χ1v) is 9.72. The van der Waals surface area contributed by atoms with Crippen LogP contribution < -0.4 is 0 Å². The topological polar surface area (TPSA) is 60.9 Å². The van der Waals surface area contributed by atoms with Crippen LogP contribution in [-0.4, -0.2) is 64.8 Å². The van der Waals surface area contributed by atoms with Crippen molar-refractivity contribution in [3.63, 3.8) is 0 Å². The van der Waals surface area contributed by atoms with Gasteiger partial charge in [-0.3, -0.25) is 14.5 Å². The summed E-state index contributed by atoms with van der Waals surface area (Å²) in [5.41, 5.74) is -0.0367. The maximum atomic E-state index is 14.0. The summed E-state index contributed by atoms with van der Waals surface area (Å²) in [6.07, 6.45) is -0.0622. The number of amides is 4. The highest BCUT2D eigenvalue weighted by Crippen LogP contribution is 2.30. The van der Waals surface area contributed by atoms with E-state index in [2.05, 4.69) is 0 Å². The maximum Gasteiger partial charge on any atom is 0.327 e. The van der Waals surface area contributed by atoms with Gasteiger partial charge in [-0.2, -0.15) is 0 Å². The Bertz CT molecular complexity index is 793. The van der Waals surface area contributed by atoms with Crippen LogP contribution in [0.25, 0.3) is 0 Å². The normalized spacial score (nSPS) is 21.9. The zero-order chi connectivity index (χ0) is 20.6. The lowest BCUT2D eigenvalue weighted by Crippen LogP contribution is -2.44. The Morgan fingerprint density at radius 2 is 1.89 bits per heavy atom. The molecule has 2 fully saturated rings. The number of urea groups is 1. The van der Waals surface area contributed by atoms with Crippen LogP contribution in [0.15, 0.2) is 24.3 Å². The molecule has 1 unspecified atom stereocenters. The minimum Gasteiger partial charge on any atom is -0.339 e. The summed E-state index contributed by atoms with van der Waals surface area (Å²) in [7, 11) is 0. The summed E-state index contributed by atoms with van der Waals surface area (Å²) < 4.78 is 14.0. The summed E-state index contributed by atoms with van der Waals surface area (Å²) in [6, 6.07) is 5.26. The molecule has 7 heteroatoms. The van der Waals surface area contributed by atoms with Crippen molar-refractivity contribution in [3.8, 4) is 0 Å². The van der Waals surface area contributed by atoms with Crippen LogP contribution in [0.3, 0.4) is 0 Å². The fraction of sp³-hybridized carbons (Fsp3) is 0.571. The van der Waals surface area contributed by atoms with Crippen LogP contribution in [0.2, 0.25) is 0 Å². The molecule has 2 aliphatic rings. The number of fused-ring (bicyclic) bond motifs is 1. The van der Waals surface area contributed by atoms with Crippen molar-refractivity contribution in [1.29, 1.82) is 0 Å². The third-order valence-corrected chi connectivity index (χ3v) is 5.21. The Balaban J connectivity index is 1.83. The number of hydrogen-bond donors (Lipinski definition) is 0. The molecule has 0 bridgehead atoms. The van der Waals surface area contributed by atoms with E-state index < -0.39 is 11.9 Å². The van der Waals surface area contributed by atoms with Crippen molar-refractivity contribution in [2.75, 3.05) is 26.2 Å². The van der Waals surface area contributed by atoms with Crippen molar-refractivity contribution in [3.05, 3.63) is 35.6 Å². The molecule has 0 aromatic heterocycles. The SMILES string of the molecule is CC(C)CN1C(=O)C2CN(C(=O)Cc3ccccc3F)CC(C)(C)CN2C1=O. The van der Waals surface area contributed by atoms with Crippen molar-refractivity contribution >= 4 is 17.8 Å². The molecule has 28 heavy (non-hydrogen) atoms. The van der Waals surface area contributed by atoms with Gasteiger partial charge in [0, 0.05) is 25.0 Å². The molecule has 0 radical (unpaired) electrons. The lowest BCUT2D eigenvalue weighted by atomic mass is 9.92. The van der Waals surface area contributed by atoms with Crippen molar-refractivity contribution in [2.45, 2.75) is 40.2 Å². The maximum absolute atomic E-state index is 14.0. The highest BCUT2D eigenvalue weighted by molar-refractivity contribution is 6.04. The third-order valence-electron chi connectivity index (χ3n) is 5.21. The zero-order valence-corrected chi connectivity index (χ0v) is 16.9. The number of nitrogens with zero attached hydrogens (tertiary/aromatic N) is 3. The van der Waals surface area contributed by atoms with Gasteiger partial charge in [-0.25, -0.2) is 9.18 Å². The van der Waals surface area contributed by atoms with E-state index in [9.17, 15) is 18.8 Å². The Kier molecular flexibility index (Phi) is 5.46. The molecule has 2 aliphatic heterocycles. The van der Waals surface area contributed by atoms with Gasteiger partial charge in [-0.1, -0.05) is 45.9 Å². The van der Waals surface area contributed by atoms with Crippen molar-refractivity contribution in [2.24, 2.45) is 11.3 Å². The minimum absolute atomic E-state index is 0.0622. The summed E-state index contributed by atoms with van der Waals surface area (Å²) >= 11 is 0. The molecule has 1 atom stereocenters. The van der Waals surface area contributed by atoms with Crippen LogP contribution in [0.5, 0.6) is 0 Å². The molecule has 0 aliphatic carbocycles. The lowest BCUT2D eigenvalue weighted by Gasteiger charge is -2.31. The molecule has 152 valence electrons. The summed E-state index contributed by atoms with van der Waals surface area (Å²) in [4.78, 5) is 43.2. The Labute approximate surface area is 165 Å². The van der Waals surface area contributed by atoms with Crippen LogP contribution in [0, 0.1) is 17.2 Å². The Morgan fingerprint density at radius 3 is 2.54 bits per heavy atom. The van der Waals surface area contributed by atoms with E-state index in [1.807, 2.05) is 27.7 Å². The molecule has 0 N–H and O–H groups in total. The number of imide groups is 1. The quantitative estimate of drug-likeness (QED) is 0.744. The van der Waals surface area contributed by atoms with Crippen LogP contribution in [0.4, 0.5) is 9.18 Å². The molecular formula is C21H28FN3O3. The summed E-state index contributed by atoms with van der Waals surface area (Å²) in [5.74, 6) is -0.729. The molecule has 6 nitrogen and oxygen atoms in total. The van der Waals surface area contributed by atoms with E-state index in [1.54, 1.807) is 28.0 Å². The molecule has 2 saturated heterocycles. The number of hydrogen-bond acceptors (Lipinski definition) is 3. The first-order valence-electron chi connectivity index (χ1n) is 9.72. The molecule has 0 saturated carbocycles. The highest BCUT2D eigenvalue weighted by Gasteiger charge is 2.50. The van der Waals surface area contributed by atoms with Gasteiger partial charge in [0.2, 0.25) is 5.91 Å². The fourth-order valence-corrected chi connectivity index (χ4v) is 3.99. The molecule has 3 rings (SSSR count). The first kappa shape index (κ1) is 20.3. The van der Waals surface area contributed by atoms with E-state index in [1.165, 1.54) is 11.0 Å². The monoisotopic (exact) mass is 389 g/mol. The highest BCUT2D eigenvalue weighted by atomic mass is 19.1. The van der Waals surface area contributed by atoms with Crippen molar-refractivity contribution in [1.82, 2.24) is 14.7 Å². The molecule has 1 aromatic rings. The number of carbonyl (C=O) groups excluding carboxylic acids is 3. The van der Waals surface area contributed by atoms with E-state index in [-0.39, 0.29) is 42.1 Å². The second-order valence-corrected chi connectivity index (χ2v) is 8.98. The molecule has 0 spiro atoms. The van der Waals surface area contributed by atoms with Gasteiger partial charge in [0.1, 0.15) is 11.9 Å². The summed E-state index contributed by atoms with van der Waals surface area (Å²) in [5, 5.41) is 0. The van der Waals surface area contributed by atoms with Gasteiger partial charge in [0.05, 0.1) is 13.0 Å². The summed E-state index contributed by atoms with van der Waals surface area (Å²) in [6.45, 7) is 9.20. The second-order valence-electron chi connectivity index (χ2n) is 8.98. The predicted molar refractivity (Wildman–Crippen MR) is 103 cm³/mol. The largest absolute Gasteiger partial charge is 0.339 e. The predicted octanol–water partition coefficient (Wildman–Crippen LogP) is 2.53. The fourth-order valence-electron chi connectivity index (χ4n) is 3.99. The third kappa shape index (κ3) is 4.03. The Morgan fingerprint density at radius 1 is 1.21 bits per heavy atom. The number of benzene rings is 1. The average molecular weight is 389 g/mol. The molecule has 2 heterocycles. The van der Waals surface area contributed by atoms with E-state index in [0.29, 0.717) is 25.2 Å². The first-order chi connectivity index (χ1) is 13.1. The van der Waals surface area contributed by atoms with Gasteiger partial charge in [0.25, 0.3) is 5.91 Å². The molecule has 1 aromatic carbocycles. The van der Waals surface area contributed by atoms with E-state index in [0.717, 1.165) is 0 Å². The second kappa shape index (κ2) is 7.53. The van der Waals surface area contributed by atoms with E-state index in [4.69, 9.17) is 0 Å². The van der Waals surface area contributed by atoms with Crippen molar-refractivity contribution < 1.29 is 18.8 Å². The smallest absolute Gasteiger partial charge is 0.327 e.